The van der Waals surface area contributed by atoms with Gasteiger partial charge in [-0.05, 0) is 57.1 Å². The van der Waals surface area contributed by atoms with Crippen molar-refractivity contribution in [2.75, 3.05) is 18.4 Å². The van der Waals surface area contributed by atoms with Gasteiger partial charge in [0.2, 0.25) is 0 Å². The second-order valence-electron chi connectivity index (χ2n) is 6.40. The number of hydrogen-bond donors (Lipinski definition) is 3. The molecule has 0 radical (unpaired) electrons. The molecule has 1 aromatic carbocycles. The molecule has 118 valence electrons. The molecule has 1 aromatic rings. The van der Waals surface area contributed by atoms with Crippen LogP contribution in [0.15, 0.2) is 41.5 Å². The lowest BCUT2D eigenvalue weighted by atomic mass is 9.92. The molecule has 0 amide bonds. The second kappa shape index (κ2) is 6.97. The van der Waals surface area contributed by atoms with Crippen LogP contribution in [0.5, 0.6) is 0 Å². The second-order valence-corrected chi connectivity index (χ2v) is 6.40. The molecule has 0 bridgehead atoms. The number of nitrogens with zero attached hydrogens (tertiary/aromatic N) is 1. The summed E-state index contributed by atoms with van der Waals surface area (Å²) >= 11 is 0. The molecule has 1 saturated heterocycles. The third kappa shape index (κ3) is 3.69. The Morgan fingerprint density at radius 3 is 2.73 bits per heavy atom. The van der Waals surface area contributed by atoms with Crippen LogP contribution >= 0.6 is 0 Å². The summed E-state index contributed by atoms with van der Waals surface area (Å²) in [7, 11) is 0. The molecular formula is C18H26N4. The summed E-state index contributed by atoms with van der Waals surface area (Å²) in [4.78, 5) is 4.73. The van der Waals surface area contributed by atoms with Crippen LogP contribution in [0.4, 0.5) is 5.69 Å². The zero-order chi connectivity index (χ0) is 15.4. The van der Waals surface area contributed by atoms with Crippen molar-refractivity contribution >= 4 is 11.5 Å². The maximum Gasteiger partial charge on any atom is 0.108 e. The number of aliphatic imine (C=N–C) groups is 1. The van der Waals surface area contributed by atoms with E-state index in [4.69, 9.17) is 4.99 Å². The van der Waals surface area contributed by atoms with Crippen molar-refractivity contribution in [3.8, 4) is 0 Å². The highest BCUT2D eigenvalue weighted by Gasteiger charge is 2.20. The van der Waals surface area contributed by atoms with Crippen molar-refractivity contribution in [3.05, 3.63) is 42.1 Å². The number of benzene rings is 1. The Bertz CT molecular complexity index is 539. The van der Waals surface area contributed by atoms with Gasteiger partial charge in [0.1, 0.15) is 5.84 Å². The fourth-order valence-corrected chi connectivity index (χ4v) is 3.09. The molecule has 2 heterocycles. The quantitative estimate of drug-likeness (QED) is 0.801. The van der Waals surface area contributed by atoms with E-state index < -0.39 is 0 Å². The van der Waals surface area contributed by atoms with Crippen LogP contribution in [0.1, 0.15) is 38.2 Å². The van der Waals surface area contributed by atoms with Crippen LogP contribution < -0.4 is 16.0 Å². The van der Waals surface area contributed by atoms with Gasteiger partial charge in [0.25, 0.3) is 0 Å². The molecule has 2 aliphatic heterocycles. The molecule has 0 spiro atoms. The van der Waals surface area contributed by atoms with Gasteiger partial charge in [0.15, 0.2) is 0 Å². The minimum absolute atomic E-state index is 0.312. The topological polar surface area (TPSA) is 48.5 Å². The molecule has 4 heteroatoms. The molecule has 1 unspecified atom stereocenters. The van der Waals surface area contributed by atoms with Gasteiger partial charge in [-0.2, -0.15) is 0 Å². The van der Waals surface area contributed by atoms with Gasteiger partial charge in [0, 0.05) is 30.2 Å². The van der Waals surface area contributed by atoms with Crippen molar-refractivity contribution in [3.63, 3.8) is 0 Å². The monoisotopic (exact) mass is 298 g/mol. The highest BCUT2D eigenvalue weighted by Crippen LogP contribution is 2.26. The van der Waals surface area contributed by atoms with E-state index in [-0.39, 0.29) is 0 Å². The number of rotatable bonds is 4. The van der Waals surface area contributed by atoms with E-state index in [9.17, 15) is 0 Å². The third-order valence-corrected chi connectivity index (χ3v) is 4.19. The Hall–Kier alpha value is -1.81. The van der Waals surface area contributed by atoms with Crippen molar-refractivity contribution < 1.29 is 0 Å². The first-order valence-electron chi connectivity index (χ1n) is 8.29. The molecule has 4 nitrogen and oxygen atoms in total. The van der Waals surface area contributed by atoms with Crippen LogP contribution in [0.25, 0.3) is 0 Å². The van der Waals surface area contributed by atoms with Gasteiger partial charge in [0.05, 0.1) is 0 Å². The first-order chi connectivity index (χ1) is 10.7. The molecule has 1 fully saturated rings. The number of hydrogen-bond acceptors (Lipinski definition) is 3. The van der Waals surface area contributed by atoms with Crippen LogP contribution in [0, 0.1) is 0 Å². The SMILES string of the molecule is CC(C)N=C1NC=CC[C@@H]1c1ccc(NC2CCNC2)cc1. The van der Waals surface area contributed by atoms with E-state index in [2.05, 4.69) is 60.1 Å². The van der Waals surface area contributed by atoms with E-state index in [1.165, 1.54) is 17.7 Å². The lowest BCUT2D eigenvalue weighted by Gasteiger charge is -2.23. The third-order valence-electron chi connectivity index (χ3n) is 4.19. The average molecular weight is 298 g/mol. The smallest absolute Gasteiger partial charge is 0.108 e. The van der Waals surface area contributed by atoms with Gasteiger partial charge in [-0.15, -0.1) is 0 Å². The Morgan fingerprint density at radius 2 is 2.05 bits per heavy atom. The Balaban J connectivity index is 1.72. The maximum absolute atomic E-state index is 4.73. The first-order valence-corrected chi connectivity index (χ1v) is 8.29. The summed E-state index contributed by atoms with van der Waals surface area (Å²) in [6.45, 7) is 6.41. The minimum Gasteiger partial charge on any atom is -0.381 e. The van der Waals surface area contributed by atoms with Gasteiger partial charge in [-0.3, -0.25) is 4.99 Å². The lowest BCUT2D eigenvalue weighted by molar-refractivity contribution is 0.776. The van der Waals surface area contributed by atoms with Crippen LogP contribution in [-0.4, -0.2) is 31.0 Å². The molecule has 3 rings (SSSR count). The molecule has 0 aliphatic carbocycles. The van der Waals surface area contributed by atoms with E-state index in [0.29, 0.717) is 18.0 Å². The van der Waals surface area contributed by atoms with Crippen molar-refractivity contribution in [1.29, 1.82) is 0 Å². The number of amidine groups is 1. The molecular weight excluding hydrogens is 272 g/mol. The molecule has 3 N–H and O–H groups in total. The average Bonchev–Trinajstić information content (AvgIpc) is 3.01. The summed E-state index contributed by atoms with van der Waals surface area (Å²) in [6.07, 6.45) is 6.39. The molecule has 0 aromatic heterocycles. The molecule has 0 saturated carbocycles. The molecule has 2 aliphatic rings. The standard InChI is InChI=1S/C18H26N4/c1-13(2)21-18-17(4-3-10-20-18)14-5-7-15(8-6-14)22-16-9-11-19-12-16/h3,5-8,10,13,16-17,19,22H,4,9,11-12H2,1-2H3,(H,20,21)/t16?,17-/m1/s1. The minimum atomic E-state index is 0.312. The summed E-state index contributed by atoms with van der Waals surface area (Å²) in [5, 5.41) is 10.3. The van der Waals surface area contributed by atoms with E-state index >= 15 is 0 Å². The normalized spacial score (nSPS) is 26.4. The zero-order valence-corrected chi connectivity index (χ0v) is 13.5. The van der Waals surface area contributed by atoms with Gasteiger partial charge < -0.3 is 16.0 Å². The zero-order valence-electron chi connectivity index (χ0n) is 13.5. The van der Waals surface area contributed by atoms with Crippen LogP contribution in [-0.2, 0) is 0 Å². The molecule has 2 atom stereocenters. The Kier molecular flexibility index (Phi) is 4.78. The van der Waals surface area contributed by atoms with E-state index in [0.717, 1.165) is 25.3 Å². The summed E-state index contributed by atoms with van der Waals surface area (Å²) in [5.41, 5.74) is 2.53. The number of nitrogens with one attached hydrogen (secondary N) is 3. The molecule has 22 heavy (non-hydrogen) atoms. The lowest BCUT2D eigenvalue weighted by Crippen LogP contribution is -2.29. The largest absolute Gasteiger partial charge is 0.381 e. The Morgan fingerprint density at radius 1 is 1.23 bits per heavy atom. The van der Waals surface area contributed by atoms with Gasteiger partial charge >= 0.3 is 0 Å². The van der Waals surface area contributed by atoms with Crippen molar-refractivity contribution in [2.45, 2.75) is 44.7 Å². The predicted molar refractivity (Wildman–Crippen MR) is 93.5 cm³/mol. The van der Waals surface area contributed by atoms with Crippen molar-refractivity contribution in [1.82, 2.24) is 10.6 Å². The highest BCUT2D eigenvalue weighted by molar-refractivity contribution is 5.91. The van der Waals surface area contributed by atoms with Crippen molar-refractivity contribution in [2.24, 2.45) is 4.99 Å². The predicted octanol–water partition coefficient (Wildman–Crippen LogP) is 2.86. The summed E-state index contributed by atoms with van der Waals surface area (Å²) in [5.74, 6) is 1.42. The number of allylic oxidation sites excluding steroid dienone is 1. The fourth-order valence-electron chi connectivity index (χ4n) is 3.09. The fraction of sp³-hybridized carbons (Fsp3) is 0.500. The van der Waals surface area contributed by atoms with Gasteiger partial charge in [-0.1, -0.05) is 18.2 Å². The first kappa shape index (κ1) is 15.1. The Labute approximate surface area is 133 Å². The van der Waals surface area contributed by atoms with Crippen LogP contribution in [0.2, 0.25) is 0 Å². The van der Waals surface area contributed by atoms with E-state index in [1.54, 1.807) is 0 Å². The van der Waals surface area contributed by atoms with E-state index in [1.807, 2.05) is 6.20 Å². The maximum atomic E-state index is 4.73. The summed E-state index contributed by atoms with van der Waals surface area (Å²) < 4.78 is 0. The number of anilines is 1. The van der Waals surface area contributed by atoms with Gasteiger partial charge in [-0.25, -0.2) is 0 Å². The summed E-state index contributed by atoms with van der Waals surface area (Å²) in [6, 6.07) is 9.71. The highest BCUT2D eigenvalue weighted by atomic mass is 15.0. The van der Waals surface area contributed by atoms with Crippen LogP contribution in [0.3, 0.4) is 0 Å².